The smallest absolute Gasteiger partial charge is 0.262 e. The van der Waals surface area contributed by atoms with Crippen molar-refractivity contribution in [3.63, 3.8) is 0 Å². The van der Waals surface area contributed by atoms with Gasteiger partial charge in [0.2, 0.25) is 0 Å². The Morgan fingerprint density at radius 1 is 1.00 bits per heavy atom. The lowest BCUT2D eigenvalue weighted by atomic mass is 9.97. The van der Waals surface area contributed by atoms with E-state index in [1.165, 1.54) is 5.56 Å². The van der Waals surface area contributed by atoms with E-state index in [-0.39, 0.29) is 12.1 Å². The second-order valence-corrected chi connectivity index (χ2v) is 7.44. The number of amides is 1. The van der Waals surface area contributed by atoms with E-state index in [1.807, 2.05) is 65.6 Å². The summed E-state index contributed by atoms with van der Waals surface area (Å²) < 4.78 is 5.29. The molecule has 148 valence electrons. The van der Waals surface area contributed by atoms with Crippen LogP contribution in [0.15, 0.2) is 72.8 Å². The summed E-state index contributed by atoms with van der Waals surface area (Å²) in [5, 5.41) is 3.54. The number of methoxy groups -OCH3 is 1. The molecule has 0 saturated carbocycles. The summed E-state index contributed by atoms with van der Waals surface area (Å²) in [6.45, 7) is 4.41. The van der Waals surface area contributed by atoms with Crippen LogP contribution in [-0.2, 0) is 0 Å². The number of hydrogen-bond donors (Lipinski definition) is 1. The Balaban J connectivity index is 1.77. The Hall–Kier alpha value is -3.27. The summed E-state index contributed by atoms with van der Waals surface area (Å²) >= 11 is 0. The van der Waals surface area contributed by atoms with Gasteiger partial charge in [-0.05, 0) is 59.9 Å². The van der Waals surface area contributed by atoms with E-state index >= 15 is 0 Å². The molecule has 0 unspecified atom stereocenters. The number of benzene rings is 3. The van der Waals surface area contributed by atoms with Gasteiger partial charge in [-0.15, -0.1) is 0 Å². The molecule has 0 aromatic heterocycles. The maximum atomic E-state index is 13.5. The average Bonchev–Trinajstić information content (AvgIpc) is 2.79. The van der Waals surface area contributed by atoms with Gasteiger partial charge >= 0.3 is 0 Å². The first-order chi connectivity index (χ1) is 14.1. The van der Waals surface area contributed by atoms with Crippen molar-refractivity contribution in [2.24, 2.45) is 0 Å². The van der Waals surface area contributed by atoms with Gasteiger partial charge in [0, 0.05) is 11.4 Å². The van der Waals surface area contributed by atoms with Gasteiger partial charge in [0.15, 0.2) is 0 Å². The highest BCUT2D eigenvalue weighted by atomic mass is 16.5. The van der Waals surface area contributed by atoms with Gasteiger partial charge in [-0.3, -0.25) is 9.69 Å². The van der Waals surface area contributed by atoms with E-state index < -0.39 is 0 Å². The molecule has 29 heavy (non-hydrogen) atoms. The van der Waals surface area contributed by atoms with Gasteiger partial charge in [0.1, 0.15) is 11.9 Å². The monoisotopic (exact) mass is 386 g/mol. The highest BCUT2D eigenvalue weighted by Crippen LogP contribution is 2.37. The second-order valence-electron chi connectivity index (χ2n) is 7.44. The fraction of sp³-hybridized carbons (Fsp3) is 0.240. The molecule has 1 amide bonds. The number of anilines is 2. The van der Waals surface area contributed by atoms with Crippen LogP contribution in [0.3, 0.4) is 0 Å². The average molecular weight is 386 g/mol. The van der Waals surface area contributed by atoms with Crippen molar-refractivity contribution in [2.75, 3.05) is 17.3 Å². The van der Waals surface area contributed by atoms with Crippen molar-refractivity contribution in [1.82, 2.24) is 0 Å². The molecule has 1 N–H and O–H groups in total. The first-order valence-electron chi connectivity index (χ1n) is 10.1. The molecule has 4 rings (SSSR count). The highest BCUT2D eigenvalue weighted by molar-refractivity contribution is 6.12. The maximum absolute atomic E-state index is 13.5. The molecule has 0 aliphatic carbocycles. The van der Waals surface area contributed by atoms with Gasteiger partial charge < -0.3 is 10.1 Å². The van der Waals surface area contributed by atoms with E-state index in [0.29, 0.717) is 11.5 Å². The number of rotatable bonds is 5. The van der Waals surface area contributed by atoms with E-state index in [1.54, 1.807) is 7.11 Å². The van der Waals surface area contributed by atoms with Crippen LogP contribution in [-0.4, -0.2) is 13.0 Å². The molecule has 0 spiro atoms. The molecular formula is C25H26N2O2. The van der Waals surface area contributed by atoms with Crippen molar-refractivity contribution in [1.29, 1.82) is 0 Å². The zero-order valence-corrected chi connectivity index (χ0v) is 17.1. The van der Waals surface area contributed by atoms with Gasteiger partial charge in [-0.25, -0.2) is 0 Å². The number of carbonyl (C=O) groups excluding carboxylic acids is 1. The van der Waals surface area contributed by atoms with Gasteiger partial charge in [0.05, 0.1) is 12.7 Å². The van der Waals surface area contributed by atoms with E-state index in [2.05, 4.69) is 31.3 Å². The Morgan fingerprint density at radius 2 is 1.69 bits per heavy atom. The number of para-hydroxylation sites is 1. The normalized spacial score (nSPS) is 16.7. The molecule has 1 aliphatic heterocycles. The fourth-order valence-corrected chi connectivity index (χ4v) is 3.74. The third-order valence-corrected chi connectivity index (χ3v) is 5.71. The maximum Gasteiger partial charge on any atom is 0.262 e. The van der Waals surface area contributed by atoms with Crippen LogP contribution in [0.5, 0.6) is 5.75 Å². The molecule has 1 aliphatic rings. The first-order valence-corrected chi connectivity index (χ1v) is 10.1. The van der Waals surface area contributed by atoms with Crippen LogP contribution in [0.25, 0.3) is 0 Å². The SMILES string of the molecule is CC[C@H](C)c1ccc(N2C(=O)c3ccccc3N[C@@H]2c2ccc(OC)cc2)cc1. The zero-order chi connectivity index (χ0) is 20.4. The summed E-state index contributed by atoms with van der Waals surface area (Å²) in [7, 11) is 1.65. The molecule has 0 fully saturated rings. The van der Waals surface area contributed by atoms with E-state index in [9.17, 15) is 4.79 Å². The quantitative estimate of drug-likeness (QED) is 0.586. The molecule has 2 atom stereocenters. The molecule has 1 heterocycles. The fourth-order valence-electron chi connectivity index (χ4n) is 3.74. The van der Waals surface area contributed by atoms with Crippen molar-refractivity contribution in [2.45, 2.75) is 32.4 Å². The number of ether oxygens (including phenoxy) is 1. The lowest BCUT2D eigenvalue weighted by Gasteiger charge is -2.38. The standard InChI is InChI=1S/C25H26N2O2/c1-4-17(2)18-9-13-20(14-10-18)27-24(19-11-15-21(29-3)16-12-19)26-23-8-6-5-7-22(23)25(27)28/h5-17,24,26H,4H2,1-3H3/t17-,24-/m0/s1. The topological polar surface area (TPSA) is 41.6 Å². The zero-order valence-electron chi connectivity index (χ0n) is 17.1. The summed E-state index contributed by atoms with van der Waals surface area (Å²) in [6, 6.07) is 23.9. The van der Waals surface area contributed by atoms with E-state index in [4.69, 9.17) is 4.74 Å². The number of hydrogen-bond acceptors (Lipinski definition) is 3. The summed E-state index contributed by atoms with van der Waals surface area (Å²) in [4.78, 5) is 15.3. The summed E-state index contributed by atoms with van der Waals surface area (Å²) in [6.07, 6.45) is 0.795. The molecule has 0 saturated heterocycles. The predicted molar refractivity (Wildman–Crippen MR) is 118 cm³/mol. The van der Waals surface area contributed by atoms with Crippen LogP contribution in [0.4, 0.5) is 11.4 Å². The first kappa shape index (κ1) is 19.1. The minimum Gasteiger partial charge on any atom is -0.497 e. The summed E-state index contributed by atoms with van der Waals surface area (Å²) in [5.74, 6) is 1.29. The van der Waals surface area contributed by atoms with Crippen molar-refractivity contribution >= 4 is 17.3 Å². The van der Waals surface area contributed by atoms with Crippen LogP contribution < -0.4 is 15.0 Å². The molecule has 3 aromatic carbocycles. The molecule has 3 aromatic rings. The number of carbonyl (C=O) groups is 1. The van der Waals surface area contributed by atoms with Crippen LogP contribution in [0.2, 0.25) is 0 Å². The van der Waals surface area contributed by atoms with E-state index in [0.717, 1.165) is 29.1 Å². The number of nitrogens with zero attached hydrogens (tertiary/aromatic N) is 1. The third kappa shape index (κ3) is 3.58. The Kier molecular flexibility index (Phi) is 5.26. The Labute approximate surface area is 172 Å². The Morgan fingerprint density at radius 3 is 2.34 bits per heavy atom. The molecular weight excluding hydrogens is 360 g/mol. The molecule has 0 bridgehead atoms. The minimum atomic E-state index is -0.294. The molecule has 4 heteroatoms. The van der Waals surface area contributed by atoms with Crippen LogP contribution >= 0.6 is 0 Å². The predicted octanol–water partition coefficient (Wildman–Crippen LogP) is 5.98. The lowest BCUT2D eigenvalue weighted by molar-refractivity contribution is 0.0975. The van der Waals surface area contributed by atoms with Crippen molar-refractivity contribution < 1.29 is 9.53 Å². The highest BCUT2D eigenvalue weighted by Gasteiger charge is 2.34. The van der Waals surface area contributed by atoms with Crippen LogP contribution in [0.1, 0.15) is 53.8 Å². The minimum absolute atomic E-state index is 0.00328. The summed E-state index contributed by atoms with van der Waals surface area (Å²) in [5.41, 5.74) is 4.70. The molecule has 0 radical (unpaired) electrons. The number of nitrogens with one attached hydrogen (secondary N) is 1. The second kappa shape index (κ2) is 8.00. The largest absolute Gasteiger partial charge is 0.497 e. The Bertz CT molecular complexity index is 996. The van der Waals surface area contributed by atoms with Gasteiger partial charge in [-0.2, -0.15) is 0 Å². The lowest BCUT2D eigenvalue weighted by Crippen LogP contribution is -2.43. The van der Waals surface area contributed by atoms with Crippen molar-refractivity contribution in [3.05, 3.63) is 89.5 Å². The van der Waals surface area contributed by atoms with Gasteiger partial charge in [-0.1, -0.05) is 50.2 Å². The van der Waals surface area contributed by atoms with Gasteiger partial charge in [0.25, 0.3) is 5.91 Å². The van der Waals surface area contributed by atoms with Crippen molar-refractivity contribution in [3.8, 4) is 5.75 Å². The third-order valence-electron chi connectivity index (χ3n) is 5.71. The number of fused-ring (bicyclic) bond motifs is 1. The molecule has 4 nitrogen and oxygen atoms in total. The van der Waals surface area contributed by atoms with Crippen LogP contribution in [0, 0.1) is 0 Å².